The van der Waals surface area contributed by atoms with Crippen LogP contribution in [0.4, 0.5) is 0 Å². The van der Waals surface area contributed by atoms with Gasteiger partial charge in [-0.15, -0.1) is 0 Å². The minimum Gasteiger partial charge on any atom is -0.388 e. The van der Waals surface area contributed by atoms with Gasteiger partial charge in [0.1, 0.15) is 0 Å². The molecule has 1 N–H and O–H groups in total. The van der Waals surface area contributed by atoms with Crippen molar-refractivity contribution in [1.82, 2.24) is 4.98 Å². The monoisotopic (exact) mass is 281 g/mol. The summed E-state index contributed by atoms with van der Waals surface area (Å²) in [7, 11) is 0. The van der Waals surface area contributed by atoms with E-state index in [2.05, 4.69) is 4.98 Å². The Bertz CT molecular complexity index is 537. The van der Waals surface area contributed by atoms with Crippen LogP contribution in [0.2, 0.25) is 10.0 Å². The molecule has 0 saturated heterocycles. The fourth-order valence-electron chi connectivity index (χ4n) is 1.80. The standard InChI is InChI=1S/C14H13Cl2NO/c1-9-5-10(8-17-7-9)14(18)6-11-12(15)3-2-4-13(11)16/h2-5,7-8,14,18H,6H2,1H3. The van der Waals surface area contributed by atoms with E-state index >= 15 is 0 Å². The van der Waals surface area contributed by atoms with Crippen molar-refractivity contribution in [2.45, 2.75) is 19.4 Å². The molecule has 4 heteroatoms. The van der Waals surface area contributed by atoms with Crippen LogP contribution in [0.5, 0.6) is 0 Å². The molecule has 1 atom stereocenters. The molecule has 1 aromatic carbocycles. The van der Waals surface area contributed by atoms with Crippen LogP contribution in [0.1, 0.15) is 22.8 Å². The second-order valence-corrected chi connectivity index (χ2v) is 5.03. The zero-order valence-electron chi connectivity index (χ0n) is 9.90. The Balaban J connectivity index is 2.24. The van der Waals surface area contributed by atoms with Crippen molar-refractivity contribution < 1.29 is 5.11 Å². The summed E-state index contributed by atoms with van der Waals surface area (Å²) in [6, 6.07) is 7.23. The van der Waals surface area contributed by atoms with Crippen molar-refractivity contribution in [2.24, 2.45) is 0 Å². The lowest BCUT2D eigenvalue weighted by atomic mass is 10.0. The van der Waals surface area contributed by atoms with Gasteiger partial charge in [0.2, 0.25) is 0 Å². The number of rotatable bonds is 3. The van der Waals surface area contributed by atoms with Crippen molar-refractivity contribution >= 4 is 23.2 Å². The van der Waals surface area contributed by atoms with Crippen molar-refractivity contribution in [2.75, 3.05) is 0 Å². The molecule has 2 nitrogen and oxygen atoms in total. The van der Waals surface area contributed by atoms with E-state index in [0.29, 0.717) is 16.5 Å². The molecular formula is C14H13Cl2NO. The molecule has 1 aromatic heterocycles. The lowest BCUT2D eigenvalue weighted by molar-refractivity contribution is 0.178. The van der Waals surface area contributed by atoms with E-state index in [4.69, 9.17) is 23.2 Å². The molecule has 0 spiro atoms. The van der Waals surface area contributed by atoms with Crippen molar-refractivity contribution in [3.8, 4) is 0 Å². The number of benzene rings is 1. The van der Waals surface area contributed by atoms with Crippen LogP contribution in [-0.4, -0.2) is 10.1 Å². The van der Waals surface area contributed by atoms with Crippen molar-refractivity contribution in [3.63, 3.8) is 0 Å². The molecule has 0 aliphatic heterocycles. The first-order valence-electron chi connectivity index (χ1n) is 5.60. The average Bonchev–Trinajstić information content (AvgIpc) is 2.34. The molecule has 2 aromatic rings. The van der Waals surface area contributed by atoms with E-state index in [1.807, 2.05) is 13.0 Å². The maximum atomic E-state index is 10.2. The first-order valence-corrected chi connectivity index (χ1v) is 6.36. The van der Waals surface area contributed by atoms with Gasteiger partial charge in [-0.25, -0.2) is 0 Å². The first-order chi connectivity index (χ1) is 8.58. The Kier molecular flexibility index (Phi) is 4.23. The molecule has 0 aliphatic carbocycles. The molecule has 0 radical (unpaired) electrons. The predicted octanol–water partition coefficient (Wildman–Crippen LogP) is 3.97. The number of nitrogens with zero attached hydrogens (tertiary/aromatic N) is 1. The number of aliphatic hydroxyl groups excluding tert-OH is 1. The van der Waals surface area contributed by atoms with Crippen molar-refractivity contribution in [3.05, 3.63) is 63.4 Å². The van der Waals surface area contributed by atoms with E-state index < -0.39 is 6.10 Å². The number of aromatic nitrogens is 1. The van der Waals surface area contributed by atoms with Gasteiger partial charge in [0.05, 0.1) is 6.10 Å². The fourth-order valence-corrected chi connectivity index (χ4v) is 2.35. The summed E-state index contributed by atoms with van der Waals surface area (Å²) in [5.74, 6) is 0. The molecular weight excluding hydrogens is 269 g/mol. The van der Waals surface area contributed by atoms with Gasteiger partial charge in [0.25, 0.3) is 0 Å². The van der Waals surface area contributed by atoms with Gasteiger partial charge in [-0.05, 0) is 35.7 Å². The molecule has 94 valence electrons. The second kappa shape index (κ2) is 5.70. The number of halogens is 2. The normalized spacial score (nSPS) is 12.4. The Labute approximate surface area is 116 Å². The van der Waals surface area contributed by atoms with Gasteiger partial charge in [-0.2, -0.15) is 0 Å². The summed E-state index contributed by atoms with van der Waals surface area (Å²) in [6.07, 6.45) is 3.12. The van der Waals surface area contributed by atoms with E-state index in [0.717, 1.165) is 16.7 Å². The van der Waals surface area contributed by atoms with Gasteiger partial charge < -0.3 is 5.11 Å². The fraction of sp³-hybridized carbons (Fsp3) is 0.214. The molecule has 0 bridgehead atoms. The molecule has 1 unspecified atom stereocenters. The molecule has 2 rings (SSSR count). The van der Waals surface area contributed by atoms with E-state index in [1.54, 1.807) is 30.6 Å². The second-order valence-electron chi connectivity index (χ2n) is 4.22. The highest BCUT2D eigenvalue weighted by molar-refractivity contribution is 6.35. The summed E-state index contributed by atoms with van der Waals surface area (Å²) in [5.41, 5.74) is 2.54. The molecule has 0 fully saturated rings. The van der Waals surface area contributed by atoms with Gasteiger partial charge in [0, 0.05) is 28.9 Å². The first kappa shape index (κ1) is 13.3. The maximum absolute atomic E-state index is 10.2. The molecule has 0 amide bonds. The molecule has 1 heterocycles. The van der Waals surface area contributed by atoms with Gasteiger partial charge in [0.15, 0.2) is 0 Å². The minimum absolute atomic E-state index is 0.379. The number of aryl methyl sites for hydroxylation is 1. The number of hydrogen-bond acceptors (Lipinski definition) is 2. The number of hydrogen-bond donors (Lipinski definition) is 1. The zero-order valence-corrected chi connectivity index (χ0v) is 11.4. The third-order valence-electron chi connectivity index (χ3n) is 2.74. The highest BCUT2D eigenvalue weighted by atomic mass is 35.5. The number of aliphatic hydroxyl groups is 1. The van der Waals surface area contributed by atoms with Gasteiger partial charge >= 0.3 is 0 Å². The molecule has 0 saturated carbocycles. The third-order valence-corrected chi connectivity index (χ3v) is 3.45. The average molecular weight is 282 g/mol. The maximum Gasteiger partial charge on any atom is 0.0846 e. The SMILES string of the molecule is Cc1cncc(C(O)Cc2c(Cl)cccc2Cl)c1. The molecule has 18 heavy (non-hydrogen) atoms. The van der Waals surface area contributed by atoms with Gasteiger partial charge in [-0.1, -0.05) is 35.3 Å². The summed E-state index contributed by atoms with van der Waals surface area (Å²) in [6.45, 7) is 1.94. The summed E-state index contributed by atoms with van der Waals surface area (Å²) in [5, 5.41) is 11.3. The van der Waals surface area contributed by atoms with Crippen LogP contribution < -0.4 is 0 Å². The van der Waals surface area contributed by atoms with Crippen LogP contribution in [0, 0.1) is 6.92 Å². The Morgan fingerprint density at radius 1 is 1.22 bits per heavy atom. The summed E-state index contributed by atoms with van der Waals surface area (Å²) < 4.78 is 0. The van der Waals surface area contributed by atoms with Crippen LogP contribution in [-0.2, 0) is 6.42 Å². The van der Waals surface area contributed by atoms with E-state index in [-0.39, 0.29) is 0 Å². The topological polar surface area (TPSA) is 33.1 Å². The smallest absolute Gasteiger partial charge is 0.0846 e. The van der Waals surface area contributed by atoms with Crippen LogP contribution >= 0.6 is 23.2 Å². The highest BCUT2D eigenvalue weighted by Crippen LogP contribution is 2.29. The Hall–Kier alpha value is -1.09. The van der Waals surface area contributed by atoms with Crippen LogP contribution in [0.3, 0.4) is 0 Å². The quantitative estimate of drug-likeness (QED) is 0.923. The lowest BCUT2D eigenvalue weighted by Gasteiger charge is -2.13. The van der Waals surface area contributed by atoms with Gasteiger partial charge in [-0.3, -0.25) is 4.98 Å². The number of pyridine rings is 1. The largest absolute Gasteiger partial charge is 0.388 e. The van der Waals surface area contributed by atoms with Crippen LogP contribution in [0.25, 0.3) is 0 Å². The van der Waals surface area contributed by atoms with Crippen molar-refractivity contribution in [1.29, 1.82) is 0 Å². The lowest BCUT2D eigenvalue weighted by Crippen LogP contribution is -2.03. The zero-order chi connectivity index (χ0) is 13.1. The highest BCUT2D eigenvalue weighted by Gasteiger charge is 2.13. The predicted molar refractivity (Wildman–Crippen MR) is 74.1 cm³/mol. The van der Waals surface area contributed by atoms with Crippen LogP contribution in [0.15, 0.2) is 36.7 Å². The Morgan fingerprint density at radius 2 is 1.89 bits per heavy atom. The minimum atomic E-state index is -0.658. The molecule has 0 aliphatic rings. The third kappa shape index (κ3) is 3.02. The van der Waals surface area contributed by atoms with E-state index in [9.17, 15) is 5.11 Å². The Morgan fingerprint density at radius 3 is 2.50 bits per heavy atom. The summed E-state index contributed by atoms with van der Waals surface area (Å²) in [4.78, 5) is 4.07. The van der Waals surface area contributed by atoms with E-state index in [1.165, 1.54) is 0 Å². The summed E-state index contributed by atoms with van der Waals surface area (Å²) >= 11 is 12.2.